The molecule has 0 heterocycles. The highest BCUT2D eigenvalue weighted by Gasteiger charge is 2.19. The van der Waals surface area contributed by atoms with Crippen LogP contribution < -0.4 is 14.6 Å². The van der Waals surface area contributed by atoms with Crippen molar-refractivity contribution in [2.24, 2.45) is 5.14 Å². The zero-order valence-corrected chi connectivity index (χ0v) is 9.00. The Balaban J connectivity index is 3.28. The first-order valence-corrected chi connectivity index (χ1v) is 5.55. The van der Waals surface area contributed by atoms with Gasteiger partial charge in [0.15, 0.2) is 0 Å². The van der Waals surface area contributed by atoms with Gasteiger partial charge in [0.25, 0.3) is 0 Å². The van der Waals surface area contributed by atoms with E-state index in [0.717, 1.165) is 12.1 Å². The third-order valence-electron chi connectivity index (χ3n) is 1.67. The lowest BCUT2D eigenvalue weighted by atomic mass is 10.3. The second-order valence-electron chi connectivity index (χ2n) is 2.74. The first-order chi connectivity index (χ1) is 7.34. The second-order valence-corrected chi connectivity index (χ2v) is 4.27. The lowest BCUT2D eigenvalue weighted by molar-refractivity contribution is -0.0517. The van der Waals surface area contributed by atoms with Crippen molar-refractivity contribution >= 4 is 10.0 Å². The number of hydrogen-bond donors (Lipinski definition) is 1. The molecule has 0 saturated heterocycles. The van der Waals surface area contributed by atoms with E-state index in [4.69, 9.17) is 9.88 Å². The Morgan fingerprint density at radius 1 is 1.38 bits per heavy atom. The van der Waals surface area contributed by atoms with Crippen LogP contribution in [0.15, 0.2) is 23.1 Å². The summed E-state index contributed by atoms with van der Waals surface area (Å²) in [7, 11) is -2.85. The number of halogens is 2. The van der Waals surface area contributed by atoms with E-state index in [1.807, 2.05) is 0 Å². The molecule has 0 spiro atoms. The summed E-state index contributed by atoms with van der Waals surface area (Å²) in [6, 6.07) is 3.34. The maximum atomic E-state index is 12.0. The molecule has 0 aliphatic carbocycles. The van der Waals surface area contributed by atoms with Gasteiger partial charge in [-0.15, -0.1) is 0 Å². The Hall–Kier alpha value is -1.41. The van der Waals surface area contributed by atoms with E-state index in [0.29, 0.717) is 0 Å². The van der Waals surface area contributed by atoms with Crippen molar-refractivity contribution in [3.05, 3.63) is 18.2 Å². The summed E-state index contributed by atoms with van der Waals surface area (Å²) in [6.45, 7) is -3.13. The molecule has 90 valence electrons. The standard InChI is InChI=1S/C8H9F2NO4S/c1-14-5-2-3-6(15-8(9)10)7(4-5)16(11,12)13/h2-4,8H,1H3,(H2,11,12,13). The normalized spacial score (nSPS) is 11.6. The third-order valence-corrected chi connectivity index (χ3v) is 2.61. The van der Waals surface area contributed by atoms with Crippen molar-refractivity contribution < 1.29 is 26.7 Å². The Morgan fingerprint density at radius 3 is 2.44 bits per heavy atom. The average molecular weight is 253 g/mol. The molecule has 1 aromatic carbocycles. The molecule has 0 amide bonds. The highest BCUT2D eigenvalue weighted by Crippen LogP contribution is 2.28. The van der Waals surface area contributed by atoms with E-state index in [1.165, 1.54) is 13.2 Å². The molecule has 16 heavy (non-hydrogen) atoms. The topological polar surface area (TPSA) is 78.6 Å². The fourth-order valence-corrected chi connectivity index (χ4v) is 1.71. The average Bonchev–Trinajstić information content (AvgIpc) is 2.15. The van der Waals surface area contributed by atoms with Crippen molar-refractivity contribution in [2.75, 3.05) is 7.11 Å². The van der Waals surface area contributed by atoms with Gasteiger partial charge in [-0.2, -0.15) is 8.78 Å². The SMILES string of the molecule is COc1ccc(OC(F)F)c(S(N)(=O)=O)c1. The maximum absolute atomic E-state index is 12.0. The number of rotatable bonds is 4. The lowest BCUT2D eigenvalue weighted by Crippen LogP contribution is -2.15. The van der Waals surface area contributed by atoms with Crippen LogP contribution in [0.2, 0.25) is 0 Å². The molecule has 1 rings (SSSR count). The highest BCUT2D eigenvalue weighted by molar-refractivity contribution is 7.89. The zero-order valence-electron chi connectivity index (χ0n) is 8.18. The summed E-state index contributed by atoms with van der Waals surface area (Å²) in [4.78, 5) is -0.549. The fourth-order valence-electron chi connectivity index (χ4n) is 1.03. The molecule has 0 aromatic heterocycles. The van der Waals surface area contributed by atoms with Gasteiger partial charge in [-0.25, -0.2) is 13.6 Å². The number of sulfonamides is 1. The summed E-state index contributed by atoms with van der Waals surface area (Å²) >= 11 is 0. The molecular weight excluding hydrogens is 244 g/mol. The predicted octanol–water partition coefficient (Wildman–Crippen LogP) is 0.944. The monoisotopic (exact) mass is 253 g/mol. The van der Waals surface area contributed by atoms with Crippen LogP contribution in [-0.2, 0) is 10.0 Å². The van der Waals surface area contributed by atoms with Gasteiger partial charge >= 0.3 is 6.61 Å². The van der Waals surface area contributed by atoms with E-state index in [9.17, 15) is 17.2 Å². The number of methoxy groups -OCH3 is 1. The first-order valence-electron chi connectivity index (χ1n) is 4.00. The Kier molecular flexibility index (Phi) is 3.66. The zero-order chi connectivity index (χ0) is 12.3. The number of ether oxygens (including phenoxy) is 2. The molecule has 0 radical (unpaired) electrons. The van der Waals surface area contributed by atoms with Crippen LogP contribution in [0, 0.1) is 0 Å². The number of nitrogens with two attached hydrogens (primary N) is 1. The van der Waals surface area contributed by atoms with Crippen LogP contribution in [0.4, 0.5) is 8.78 Å². The van der Waals surface area contributed by atoms with Crippen molar-refractivity contribution in [3.8, 4) is 11.5 Å². The molecule has 0 aliphatic rings. The molecule has 2 N–H and O–H groups in total. The van der Waals surface area contributed by atoms with Gasteiger partial charge in [0.1, 0.15) is 16.4 Å². The van der Waals surface area contributed by atoms with Gasteiger partial charge in [-0.05, 0) is 12.1 Å². The van der Waals surface area contributed by atoms with Crippen molar-refractivity contribution in [2.45, 2.75) is 11.5 Å². The van der Waals surface area contributed by atoms with Crippen molar-refractivity contribution in [3.63, 3.8) is 0 Å². The molecule has 0 fully saturated rings. The lowest BCUT2D eigenvalue weighted by Gasteiger charge is -2.10. The van der Waals surface area contributed by atoms with Crippen molar-refractivity contribution in [1.82, 2.24) is 0 Å². The minimum absolute atomic E-state index is 0.172. The van der Waals surface area contributed by atoms with Crippen LogP contribution in [0.25, 0.3) is 0 Å². The number of primary sulfonamides is 1. The Bertz CT molecular complexity index is 475. The summed E-state index contributed by atoms with van der Waals surface area (Å²) < 4.78 is 54.9. The minimum atomic E-state index is -4.15. The van der Waals surface area contributed by atoms with Crippen molar-refractivity contribution in [1.29, 1.82) is 0 Å². The Morgan fingerprint density at radius 2 is 2.00 bits per heavy atom. The third kappa shape index (κ3) is 3.04. The van der Waals surface area contributed by atoms with Gasteiger partial charge in [0.05, 0.1) is 7.11 Å². The number of benzene rings is 1. The summed E-state index contributed by atoms with van der Waals surface area (Å²) in [5.41, 5.74) is 0. The van der Waals surface area contributed by atoms with Crippen LogP contribution in [0.5, 0.6) is 11.5 Å². The summed E-state index contributed by atoms with van der Waals surface area (Å²) in [6.07, 6.45) is 0. The van der Waals surface area contributed by atoms with E-state index < -0.39 is 27.3 Å². The quantitative estimate of drug-likeness (QED) is 0.866. The first kappa shape index (κ1) is 12.7. The van der Waals surface area contributed by atoms with Gasteiger partial charge in [-0.1, -0.05) is 0 Å². The highest BCUT2D eigenvalue weighted by atomic mass is 32.2. The molecule has 0 saturated carbocycles. The summed E-state index contributed by atoms with van der Waals surface area (Å²) in [5.74, 6) is -0.344. The van der Waals surface area contributed by atoms with Gasteiger partial charge in [0.2, 0.25) is 10.0 Å². The van der Waals surface area contributed by atoms with Gasteiger partial charge in [0, 0.05) is 6.07 Å². The molecule has 0 bridgehead atoms. The van der Waals surface area contributed by atoms with E-state index in [-0.39, 0.29) is 5.75 Å². The molecule has 0 unspecified atom stereocenters. The molecule has 5 nitrogen and oxygen atoms in total. The largest absolute Gasteiger partial charge is 0.497 e. The molecular formula is C8H9F2NO4S. The second kappa shape index (κ2) is 4.62. The predicted molar refractivity (Wildman–Crippen MR) is 51.0 cm³/mol. The van der Waals surface area contributed by atoms with Gasteiger partial charge < -0.3 is 9.47 Å². The van der Waals surface area contributed by atoms with Crippen LogP contribution in [-0.4, -0.2) is 22.1 Å². The smallest absolute Gasteiger partial charge is 0.387 e. The maximum Gasteiger partial charge on any atom is 0.387 e. The van der Waals surface area contributed by atoms with E-state index >= 15 is 0 Å². The van der Waals surface area contributed by atoms with Crippen LogP contribution >= 0.6 is 0 Å². The Labute approximate surface area is 90.8 Å². The van der Waals surface area contributed by atoms with Crippen LogP contribution in [0.1, 0.15) is 0 Å². The van der Waals surface area contributed by atoms with Gasteiger partial charge in [-0.3, -0.25) is 0 Å². The van der Waals surface area contributed by atoms with E-state index in [1.54, 1.807) is 0 Å². The van der Waals surface area contributed by atoms with Crippen LogP contribution in [0.3, 0.4) is 0 Å². The molecule has 0 atom stereocenters. The van der Waals surface area contributed by atoms with E-state index in [2.05, 4.69) is 4.74 Å². The molecule has 0 aliphatic heterocycles. The fraction of sp³-hybridized carbons (Fsp3) is 0.250. The number of alkyl halides is 2. The number of hydrogen-bond acceptors (Lipinski definition) is 4. The molecule has 1 aromatic rings. The molecule has 8 heteroatoms. The minimum Gasteiger partial charge on any atom is -0.497 e. The summed E-state index contributed by atoms with van der Waals surface area (Å²) in [5, 5.41) is 4.85.